The molecule has 0 heterocycles. The summed E-state index contributed by atoms with van der Waals surface area (Å²) in [5, 5.41) is 0. The summed E-state index contributed by atoms with van der Waals surface area (Å²) in [6.45, 7) is 0.789. The third-order valence-electron chi connectivity index (χ3n) is 3.26. The summed E-state index contributed by atoms with van der Waals surface area (Å²) in [4.78, 5) is 13.9. The van der Waals surface area contributed by atoms with Gasteiger partial charge in [-0.1, -0.05) is 30.3 Å². The average molecular weight is 233 g/mol. The zero-order chi connectivity index (χ0) is 12.3. The molecule has 0 amide bonds. The smallest absolute Gasteiger partial charge is 0.323 e. The Balaban J connectivity index is 2.01. The molecule has 0 spiro atoms. The van der Waals surface area contributed by atoms with Gasteiger partial charge in [-0.3, -0.25) is 9.69 Å². The number of hydrogen-bond donors (Lipinski definition) is 0. The maximum Gasteiger partial charge on any atom is 0.323 e. The molecule has 92 valence electrons. The molecule has 1 aromatic rings. The number of rotatable bonds is 5. The van der Waals surface area contributed by atoms with E-state index in [0.29, 0.717) is 5.92 Å². The molecule has 1 fully saturated rings. The van der Waals surface area contributed by atoms with Crippen molar-refractivity contribution < 1.29 is 9.53 Å². The molecule has 1 atom stereocenters. The van der Waals surface area contributed by atoms with Crippen molar-refractivity contribution in [3.8, 4) is 0 Å². The van der Waals surface area contributed by atoms with E-state index >= 15 is 0 Å². The molecule has 1 aromatic carbocycles. The molecular formula is C14H19NO2. The van der Waals surface area contributed by atoms with Gasteiger partial charge in [0, 0.05) is 6.54 Å². The zero-order valence-electron chi connectivity index (χ0n) is 10.4. The monoisotopic (exact) mass is 233 g/mol. The van der Waals surface area contributed by atoms with Gasteiger partial charge in [-0.05, 0) is 31.4 Å². The molecule has 0 bridgehead atoms. The lowest BCUT2D eigenvalue weighted by molar-refractivity contribution is -0.147. The number of likely N-dealkylation sites (N-methyl/N-ethyl adjacent to an activating group) is 1. The molecule has 0 radical (unpaired) electrons. The van der Waals surface area contributed by atoms with Crippen molar-refractivity contribution in [2.75, 3.05) is 14.2 Å². The first-order chi connectivity index (χ1) is 8.22. The van der Waals surface area contributed by atoms with E-state index in [2.05, 4.69) is 17.0 Å². The van der Waals surface area contributed by atoms with E-state index in [1.807, 2.05) is 25.2 Å². The van der Waals surface area contributed by atoms with Crippen molar-refractivity contribution in [2.45, 2.75) is 25.4 Å². The fraction of sp³-hybridized carbons (Fsp3) is 0.500. The number of benzene rings is 1. The Hall–Kier alpha value is -1.35. The van der Waals surface area contributed by atoms with Crippen LogP contribution < -0.4 is 0 Å². The van der Waals surface area contributed by atoms with Crippen LogP contribution in [-0.2, 0) is 16.1 Å². The Bertz CT molecular complexity index is 373. The number of ether oxygens (including phenoxy) is 1. The first kappa shape index (κ1) is 12.1. The topological polar surface area (TPSA) is 29.5 Å². The molecule has 1 aliphatic rings. The Kier molecular flexibility index (Phi) is 3.79. The van der Waals surface area contributed by atoms with Crippen molar-refractivity contribution in [3.05, 3.63) is 35.9 Å². The average Bonchev–Trinajstić information content (AvgIpc) is 3.15. The molecule has 1 aliphatic carbocycles. The van der Waals surface area contributed by atoms with Crippen LogP contribution in [0.15, 0.2) is 30.3 Å². The third-order valence-corrected chi connectivity index (χ3v) is 3.26. The summed E-state index contributed by atoms with van der Waals surface area (Å²) in [5.74, 6) is 0.377. The van der Waals surface area contributed by atoms with Crippen molar-refractivity contribution in [1.82, 2.24) is 4.90 Å². The van der Waals surface area contributed by atoms with E-state index in [1.165, 1.54) is 12.7 Å². The maximum absolute atomic E-state index is 11.8. The normalized spacial score (nSPS) is 16.9. The lowest BCUT2D eigenvalue weighted by Gasteiger charge is -2.25. The van der Waals surface area contributed by atoms with Crippen LogP contribution in [0.1, 0.15) is 18.4 Å². The summed E-state index contributed by atoms with van der Waals surface area (Å²) in [6, 6.07) is 10.1. The summed E-state index contributed by atoms with van der Waals surface area (Å²) in [5.41, 5.74) is 1.23. The summed E-state index contributed by atoms with van der Waals surface area (Å²) in [6.07, 6.45) is 2.28. The standard InChI is InChI=1S/C14H19NO2/c1-15(10-11-6-4-3-5-7-11)13(12-8-9-12)14(16)17-2/h3-7,12-13H,8-10H2,1-2H3. The van der Waals surface area contributed by atoms with Crippen LogP contribution in [0, 0.1) is 5.92 Å². The van der Waals surface area contributed by atoms with Crippen molar-refractivity contribution >= 4 is 5.97 Å². The van der Waals surface area contributed by atoms with Gasteiger partial charge in [0.1, 0.15) is 6.04 Å². The van der Waals surface area contributed by atoms with E-state index in [-0.39, 0.29) is 12.0 Å². The van der Waals surface area contributed by atoms with Gasteiger partial charge in [0.2, 0.25) is 0 Å². The van der Waals surface area contributed by atoms with E-state index in [0.717, 1.165) is 19.4 Å². The maximum atomic E-state index is 11.8. The summed E-state index contributed by atoms with van der Waals surface area (Å²) >= 11 is 0. The first-order valence-corrected chi connectivity index (χ1v) is 6.04. The highest BCUT2D eigenvalue weighted by atomic mass is 16.5. The van der Waals surface area contributed by atoms with Crippen molar-refractivity contribution in [3.63, 3.8) is 0 Å². The van der Waals surface area contributed by atoms with E-state index in [1.54, 1.807) is 0 Å². The lowest BCUT2D eigenvalue weighted by atomic mass is 10.1. The molecule has 3 nitrogen and oxygen atoms in total. The molecule has 3 heteroatoms. The number of hydrogen-bond acceptors (Lipinski definition) is 3. The summed E-state index contributed by atoms with van der Waals surface area (Å²) in [7, 11) is 3.46. The van der Waals surface area contributed by atoms with Gasteiger partial charge < -0.3 is 4.74 Å². The minimum absolute atomic E-state index is 0.0831. The SMILES string of the molecule is COC(=O)C(C1CC1)N(C)Cc1ccccc1. The molecular weight excluding hydrogens is 214 g/mol. The largest absolute Gasteiger partial charge is 0.468 e. The quantitative estimate of drug-likeness (QED) is 0.729. The minimum Gasteiger partial charge on any atom is -0.468 e. The van der Waals surface area contributed by atoms with E-state index in [9.17, 15) is 4.79 Å². The van der Waals surface area contributed by atoms with Gasteiger partial charge in [-0.15, -0.1) is 0 Å². The summed E-state index contributed by atoms with van der Waals surface area (Å²) < 4.78 is 4.89. The van der Waals surface area contributed by atoms with Crippen LogP contribution in [0.2, 0.25) is 0 Å². The van der Waals surface area contributed by atoms with Crippen LogP contribution in [0.5, 0.6) is 0 Å². The van der Waals surface area contributed by atoms with Gasteiger partial charge in [0.05, 0.1) is 7.11 Å². The Labute approximate surface area is 102 Å². The Morgan fingerprint density at radius 1 is 1.41 bits per heavy atom. The second kappa shape index (κ2) is 5.32. The number of carbonyl (C=O) groups is 1. The van der Waals surface area contributed by atoms with Gasteiger partial charge in [-0.2, -0.15) is 0 Å². The van der Waals surface area contributed by atoms with Gasteiger partial charge >= 0.3 is 5.97 Å². The third kappa shape index (κ3) is 3.07. The molecule has 17 heavy (non-hydrogen) atoms. The fourth-order valence-electron chi connectivity index (χ4n) is 2.23. The van der Waals surface area contributed by atoms with Crippen molar-refractivity contribution in [2.24, 2.45) is 5.92 Å². The fourth-order valence-corrected chi connectivity index (χ4v) is 2.23. The van der Waals surface area contributed by atoms with Gasteiger partial charge in [-0.25, -0.2) is 0 Å². The predicted octanol–water partition coefficient (Wildman–Crippen LogP) is 2.07. The van der Waals surface area contributed by atoms with Gasteiger partial charge in [0.25, 0.3) is 0 Å². The number of methoxy groups -OCH3 is 1. The van der Waals surface area contributed by atoms with E-state index in [4.69, 9.17) is 4.74 Å². The molecule has 0 saturated heterocycles. The van der Waals surface area contributed by atoms with Crippen molar-refractivity contribution in [1.29, 1.82) is 0 Å². The minimum atomic E-state index is -0.106. The molecule has 0 aliphatic heterocycles. The highest BCUT2D eigenvalue weighted by molar-refractivity contribution is 5.76. The first-order valence-electron chi connectivity index (χ1n) is 6.04. The van der Waals surface area contributed by atoms with Crippen LogP contribution in [0.25, 0.3) is 0 Å². The highest BCUT2D eigenvalue weighted by Gasteiger charge is 2.39. The second-order valence-electron chi connectivity index (χ2n) is 4.71. The molecule has 0 N–H and O–H groups in total. The molecule has 0 aromatic heterocycles. The van der Waals surface area contributed by atoms with Crippen LogP contribution in [0.3, 0.4) is 0 Å². The predicted molar refractivity (Wildman–Crippen MR) is 66.4 cm³/mol. The number of carbonyl (C=O) groups excluding carboxylic acids is 1. The number of nitrogens with zero attached hydrogens (tertiary/aromatic N) is 1. The molecule has 2 rings (SSSR count). The van der Waals surface area contributed by atoms with Gasteiger partial charge in [0.15, 0.2) is 0 Å². The van der Waals surface area contributed by atoms with E-state index < -0.39 is 0 Å². The molecule has 1 saturated carbocycles. The highest BCUT2D eigenvalue weighted by Crippen LogP contribution is 2.35. The zero-order valence-corrected chi connectivity index (χ0v) is 10.4. The lowest BCUT2D eigenvalue weighted by Crippen LogP contribution is -2.40. The Morgan fingerprint density at radius 3 is 2.59 bits per heavy atom. The van der Waals surface area contributed by atoms with Crippen LogP contribution in [0.4, 0.5) is 0 Å². The van der Waals surface area contributed by atoms with Crippen LogP contribution >= 0.6 is 0 Å². The Morgan fingerprint density at radius 2 is 2.06 bits per heavy atom. The van der Waals surface area contributed by atoms with Crippen LogP contribution in [-0.4, -0.2) is 31.1 Å². The second-order valence-corrected chi connectivity index (χ2v) is 4.71. The molecule has 1 unspecified atom stereocenters. The number of esters is 1.